The molecule has 0 amide bonds. The summed E-state index contributed by atoms with van der Waals surface area (Å²) < 4.78 is 5.54. The largest absolute Gasteiger partial charge is 0.448 e. The molecule has 0 aromatic rings. The van der Waals surface area contributed by atoms with E-state index in [4.69, 9.17) is 4.74 Å². The van der Waals surface area contributed by atoms with E-state index in [1.807, 2.05) is 12.2 Å². The second kappa shape index (κ2) is 7.06. The van der Waals surface area contributed by atoms with Crippen LogP contribution in [0.2, 0.25) is 0 Å². The molecule has 0 aromatic carbocycles. The molecule has 0 saturated heterocycles. The Bertz CT molecular complexity index is 607. The predicted octanol–water partition coefficient (Wildman–Crippen LogP) is 3.65. The van der Waals surface area contributed by atoms with Crippen LogP contribution < -0.4 is 0 Å². The monoisotopic (exact) mass is 332 g/mol. The van der Waals surface area contributed by atoms with Crippen molar-refractivity contribution < 1.29 is 19.4 Å². The van der Waals surface area contributed by atoms with E-state index in [0.717, 1.165) is 6.42 Å². The van der Waals surface area contributed by atoms with Gasteiger partial charge in [0.2, 0.25) is 0 Å². The van der Waals surface area contributed by atoms with Gasteiger partial charge in [-0.25, -0.2) is 4.79 Å². The summed E-state index contributed by atoms with van der Waals surface area (Å²) in [6.45, 7) is 7.55. The molecule has 132 valence electrons. The first kappa shape index (κ1) is 18.7. The molecule has 0 unspecified atom stereocenters. The van der Waals surface area contributed by atoms with Crippen LogP contribution in [0.1, 0.15) is 59.8 Å². The van der Waals surface area contributed by atoms with Gasteiger partial charge in [0.05, 0.1) is 5.60 Å². The molecule has 0 radical (unpaired) electrons. The van der Waals surface area contributed by atoms with E-state index in [1.165, 1.54) is 17.7 Å². The molecular formula is C20H28O4. The van der Waals surface area contributed by atoms with Crippen LogP contribution in [-0.2, 0) is 14.3 Å². The van der Waals surface area contributed by atoms with Crippen LogP contribution in [0.5, 0.6) is 0 Å². The molecule has 1 N–H and O–H groups in total. The molecule has 0 spiro atoms. The lowest BCUT2D eigenvalue weighted by Gasteiger charge is -2.25. The van der Waals surface area contributed by atoms with E-state index in [0.29, 0.717) is 37.2 Å². The lowest BCUT2D eigenvalue weighted by molar-refractivity contribution is -0.160. The summed E-state index contributed by atoms with van der Waals surface area (Å²) in [5, 5.41) is 10.5. The number of carbonyl (C=O) groups excluding carboxylic acids is 2. The number of ketones is 1. The molecule has 2 heterocycles. The number of rotatable bonds is 1. The van der Waals surface area contributed by atoms with Gasteiger partial charge in [-0.2, -0.15) is 0 Å². The predicted molar refractivity (Wildman–Crippen MR) is 93.4 cm³/mol. The minimum absolute atomic E-state index is 0.280. The van der Waals surface area contributed by atoms with Crippen molar-refractivity contribution in [3.8, 4) is 0 Å². The molecule has 0 fully saturated rings. The smallest absolute Gasteiger partial charge is 0.334 e. The highest BCUT2D eigenvalue weighted by Gasteiger charge is 2.38. The van der Waals surface area contributed by atoms with E-state index in [9.17, 15) is 14.7 Å². The number of allylic oxidation sites excluding steroid dienone is 2. The van der Waals surface area contributed by atoms with Crippen molar-refractivity contribution in [1.82, 2.24) is 0 Å². The lowest BCUT2D eigenvalue weighted by atomic mass is 9.89. The highest BCUT2D eigenvalue weighted by atomic mass is 16.6. The minimum Gasteiger partial charge on any atom is -0.448 e. The fraction of sp³-hybridized carbons (Fsp3) is 0.600. The van der Waals surface area contributed by atoms with Crippen molar-refractivity contribution >= 4 is 11.8 Å². The average molecular weight is 332 g/mol. The Labute approximate surface area is 144 Å². The van der Waals surface area contributed by atoms with Gasteiger partial charge < -0.3 is 9.84 Å². The van der Waals surface area contributed by atoms with Crippen LogP contribution in [0.15, 0.2) is 35.5 Å². The van der Waals surface area contributed by atoms with E-state index in [-0.39, 0.29) is 5.78 Å². The van der Waals surface area contributed by atoms with Crippen LogP contribution in [0.3, 0.4) is 0 Å². The second-order valence-electron chi connectivity index (χ2n) is 7.58. The summed E-state index contributed by atoms with van der Waals surface area (Å²) in [4.78, 5) is 25.0. The topological polar surface area (TPSA) is 63.6 Å². The highest BCUT2D eigenvalue weighted by molar-refractivity contribution is 6.00. The normalized spacial score (nSPS) is 35.8. The molecule has 2 rings (SSSR count). The van der Waals surface area contributed by atoms with Gasteiger partial charge in [-0.05, 0) is 64.0 Å². The summed E-state index contributed by atoms with van der Waals surface area (Å²) in [5.41, 5.74) is -0.412. The second-order valence-corrected chi connectivity index (χ2v) is 7.58. The Balaban J connectivity index is 2.41. The first-order valence-corrected chi connectivity index (χ1v) is 8.70. The Kier molecular flexibility index (Phi) is 5.49. The van der Waals surface area contributed by atoms with E-state index in [2.05, 4.69) is 13.8 Å². The van der Waals surface area contributed by atoms with Crippen LogP contribution in [0, 0.1) is 5.92 Å². The van der Waals surface area contributed by atoms with Gasteiger partial charge in [0.25, 0.3) is 0 Å². The van der Waals surface area contributed by atoms with Gasteiger partial charge in [-0.3, -0.25) is 4.79 Å². The van der Waals surface area contributed by atoms with Crippen molar-refractivity contribution in [2.45, 2.75) is 71.0 Å². The third kappa shape index (κ3) is 4.44. The minimum atomic E-state index is -1.16. The van der Waals surface area contributed by atoms with Gasteiger partial charge >= 0.3 is 5.97 Å². The van der Waals surface area contributed by atoms with Crippen molar-refractivity contribution in [3.05, 3.63) is 35.5 Å². The van der Waals surface area contributed by atoms with Crippen LogP contribution in [0.4, 0.5) is 0 Å². The number of hydrogen-bond acceptors (Lipinski definition) is 4. The Morgan fingerprint density at radius 1 is 1.17 bits per heavy atom. The molecule has 0 aromatic heterocycles. The standard InChI is InChI=1S/C20H28O4/c1-14(2)15-7-8-16-6-5-11-20(4,24-18(16)22)17(21)10-13-19(3,23)12-9-15/h6,9-10,13-14,23H,5,7-8,11-12H2,1-4H3/b13-10+,15-9+/t19-,20+/m0/s1. The van der Waals surface area contributed by atoms with E-state index < -0.39 is 17.2 Å². The van der Waals surface area contributed by atoms with Gasteiger partial charge in [-0.1, -0.05) is 31.6 Å². The van der Waals surface area contributed by atoms with E-state index in [1.54, 1.807) is 13.8 Å². The Morgan fingerprint density at radius 2 is 1.88 bits per heavy atom. The quantitative estimate of drug-likeness (QED) is 0.588. The van der Waals surface area contributed by atoms with Crippen LogP contribution >= 0.6 is 0 Å². The lowest BCUT2D eigenvalue weighted by Crippen LogP contribution is -2.39. The van der Waals surface area contributed by atoms with Crippen molar-refractivity contribution in [3.63, 3.8) is 0 Å². The molecular weight excluding hydrogens is 304 g/mol. The molecule has 0 aliphatic carbocycles. The molecule has 2 aliphatic heterocycles. The average Bonchev–Trinajstić information content (AvgIpc) is 2.63. The van der Waals surface area contributed by atoms with E-state index >= 15 is 0 Å². The maximum Gasteiger partial charge on any atom is 0.334 e. The summed E-state index contributed by atoms with van der Waals surface area (Å²) in [5.74, 6) is -0.340. The third-order valence-corrected chi connectivity index (χ3v) is 4.91. The molecule has 0 saturated carbocycles. The number of hydrogen-bond donors (Lipinski definition) is 1. The molecule has 4 nitrogen and oxygen atoms in total. The van der Waals surface area contributed by atoms with Gasteiger partial charge in [-0.15, -0.1) is 0 Å². The molecule has 2 aliphatic rings. The van der Waals surface area contributed by atoms with Gasteiger partial charge in [0.1, 0.15) is 0 Å². The van der Waals surface area contributed by atoms with Crippen molar-refractivity contribution in [1.29, 1.82) is 0 Å². The Morgan fingerprint density at radius 3 is 2.54 bits per heavy atom. The molecule has 2 bridgehead atoms. The fourth-order valence-electron chi connectivity index (χ4n) is 3.05. The van der Waals surface area contributed by atoms with Crippen molar-refractivity contribution in [2.24, 2.45) is 5.92 Å². The van der Waals surface area contributed by atoms with Gasteiger partial charge in [0.15, 0.2) is 11.4 Å². The summed E-state index contributed by atoms with van der Waals surface area (Å²) in [7, 11) is 0. The van der Waals surface area contributed by atoms with Crippen LogP contribution in [0.25, 0.3) is 0 Å². The molecule has 24 heavy (non-hydrogen) atoms. The summed E-state index contributed by atoms with van der Waals surface area (Å²) >= 11 is 0. The zero-order valence-electron chi connectivity index (χ0n) is 15.1. The maximum absolute atomic E-state index is 12.5. The fourth-order valence-corrected chi connectivity index (χ4v) is 3.05. The molecule has 4 heteroatoms. The number of aliphatic hydroxyl groups is 1. The zero-order chi connectivity index (χ0) is 18.0. The SMILES string of the molecule is CC(C)/C1=C/C[C@](C)(O)/C=C/C(=O)[C@@]2(C)CCC=C(CC1)C(=O)O2. The first-order chi connectivity index (χ1) is 11.1. The third-order valence-electron chi connectivity index (χ3n) is 4.91. The maximum atomic E-state index is 12.5. The first-order valence-electron chi connectivity index (χ1n) is 8.70. The van der Waals surface area contributed by atoms with Gasteiger partial charge in [0, 0.05) is 5.57 Å². The number of carbonyl (C=O) groups is 2. The highest BCUT2D eigenvalue weighted by Crippen LogP contribution is 2.30. The Hall–Kier alpha value is -1.68. The number of ether oxygens (including phenoxy) is 1. The van der Waals surface area contributed by atoms with Crippen LogP contribution in [-0.4, -0.2) is 28.1 Å². The number of fused-ring (bicyclic) bond motifs is 3. The summed E-state index contributed by atoms with van der Waals surface area (Å²) in [6, 6.07) is 0. The summed E-state index contributed by atoms with van der Waals surface area (Å²) in [6.07, 6.45) is 9.70. The van der Waals surface area contributed by atoms with Crippen molar-refractivity contribution in [2.75, 3.05) is 0 Å². The zero-order valence-corrected chi connectivity index (χ0v) is 15.1. The number of esters is 1. The molecule has 2 atom stereocenters.